The summed E-state index contributed by atoms with van der Waals surface area (Å²) in [5, 5.41) is 8.68. The molecule has 0 radical (unpaired) electrons. The smallest absolute Gasteiger partial charge is 0.326 e. The highest BCUT2D eigenvalue weighted by Crippen LogP contribution is 2.26. The molecule has 2 aliphatic rings. The van der Waals surface area contributed by atoms with Crippen LogP contribution in [0.25, 0.3) is 21.8 Å². The summed E-state index contributed by atoms with van der Waals surface area (Å²) < 4.78 is 1.84. The summed E-state index contributed by atoms with van der Waals surface area (Å²) in [6, 6.07) is 21.4. The van der Waals surface area contributed by atoms with Gasteiger partial charge in [0.2, 0.25) is 11.8 Å². The molecule has 3 aromatic carbocycles. The van der Waals surface area contributed by atoms with Crippen molar-refractivity contribution in [1.29, 1.82) is 0 Å². The van der Waals surface area contributed by atoms with E-state index in [1.165, 1.54) is 0 Å². The number of hydrogen-bond donors (Lipinski definition) is 3. The molecule has 0 saturated carbocycles. The maximum atomic E-state index is 14.0. The van der Waals surface area contributed by atoms with E-state index in [0.29, 0.717) is 32.4 Å². The van der Waals surface area contributed by atoms with Crippen LogP contribution in [-0.4, -0.2) is 58.5 Å². The van der Waals surface area contributed by atoms with Crippen molar-refractivity contribution in [3.05, 3.63) is 82.8 Å². The van der Waals surface area contributed by atoms with Gasteiger partial charge in [0.05, 0.1) is 11.0 Å². The van der Waals surface area contributed by atoms with Gasteiger partial charge in [-0.25, -0.2) is 4.79 Å². The summed E-state index contributed by atoms with van der Waals surface area (Å²) in [5.74, 6) is -0.154. The molecular weight excluding hydrogens is 490 g/mol. The van der Waals surface area contributed by atoms with Crippen LogP contribution in [0.2, 0.25) is 0 Å². The quantitative estimate of drug-likeness (QED) is 0.359. The fraction of sp³-hybridized carbons (Fsp3) is 0.387. The molecule has 0 spiro atoms. The van der Waals surface area contributed by atoms with Gasteiger partial charge < -0.3 is 20.5 Å². The third-order valence-electron chi connectivity index (χ3n) is 8.39. The molecule has 2 saturated heterocycles. The maximum absolute atomic E-state index is 14.0. The summed E-state index contributed by atoms with van der Waals surface area (Å²) in [6.45, 7) is 2.73. The van der Waals surface area contributed by atoms with Crippen molar-refractivity contribution in [2.24, 2.45) is 5.92 Å². The van der Waals surface area contributed by atoms with E-state index in [-0.39, 0.29) is 29.5 Å². The Kier molecular flexibility index (Phi) is 7.20. The van der Waals surface area contributed by atoms with Crippen LogP contribution >= 0.6 is 0 Å². The van der Waals surface area contributed by atoms with Crippen molar-refractivity contribution >= 4 is 33.6 Å². The Labute approximate surface area is 227 Å². The van der Waals surface area contributed by atoms with Crippen LogP contribution in [-0.2, 0) is 16.0 Å². The van der Waals surface area contributed by atoms with Gasteiger partial charge in [-0.05, 0) is 67.2 Å². The van der Waals surface area contributed by atoms with Gasteiger partial charge in [0.25, 0.3) is 0 Å². The van der Waals surface area contributed by atoms with Gasteiger partial charge >= 0.3 is 5.69 Å². The lowest BCUT2D eigenvalue weighted by molar-refractivity contribution is -0.138. The topological polar surface area (TPSA) is 99.2 Å². The molecular formula is C31H35N5O3. The SMILES string of the molecule is O=C(N[C@H](Cc1cccc2ccccc12)C(=O)N1CCC(n2c(=O)[nH]c3ccccc32)CC1)C1CCNCC1. The molecule has 0 unspecified atom stereocenters. The van der Waals surface area contributed by atoms with Crippen LogP contribution in [0.15, 0.2) is 71.5 Å². The Bertz CT molecular complexity index is 1540. The van der Waals surface area contributed by atoms with E-state index in [4.69, 9.17) is 0 Å². The molecule has 3 N–H and O–H groups in total. The van der Waals surface area contributed by atoms with E-state index in [1.807, 2.05) is 51.9 Å². The first-order chi connectivity index (χ1) is 19.1. The predicted octanol–water partition coefficient (Wildman–Crippen LogP) is 3.37. The summed E-state index contributed by atoms with van der Waals surface area (Å²) in [7, 11) is 0. The molecule has 4 aromatic rings. The molecule has 39 heavy (non-hydrogen) atoms. The fourth-order valence-electron chi connectivity index (χ4n) is 6.27. The van der Waals surface area contributed by atoms with Crippen molar-refractivity contribution < 1.29 is 9.59 Å². The Balaban J connectivity index is 1.21. The largest absolute Gasteiger partial charge is 0.344 e. The minimum Gasteiger partial charge on any atom is -0.344 e. The van der Waals surface area contributed by atoms with E-state index >= 15 is 0 Å². The number of rotatable bonds is 6. The van der Waals surface area contributed by atoms with Crippen molar-refractivity contribution in [3.8, 4) is 0 Å². The average molecular weight is 526 g/mol. The first-order valence-corrected chi connectivity index (χ1v) is 14.0. The zero-order chi connectivity index (χ0) is 26.8. The van der Waals surface area contributed by atoms with Crippen LogP contribution in [0.5, 0.6) is 0 Å². The number of carbonyl (C=O) groups excluding carboxylic acids is 2. The van der Waals surface area contributed by atoms with Crippen molar-refractivity contribution in [1.82, 2.24) is 25.1 Å². The Morgan fingerprint density at radius 1 is 0.897 bits per heavy atom. The number of imidazole rings is 1. The standard InChI is InChI=1S/C31H35N5O3/c37-29(22-12-16-32-17-13-22)33-27(20-23-8-5-7-21-6-1-2-9-25(21)23)30(38)35-18-14-24(15-19-35)36-28-11-4-3-10-26(28)34-31(36)39/h1-11,22,24,27,32H,12-20H2,(H,33,37)(H,34,39)/t27-/m1/s1. The summed E-state index contributed by atoms with van der Waals surface area (Å²) in [5.41, 5.74) is 2.67. The number of para-hydroxylation sites is 2. The number of likely N-dealkylation sites (tertiary alicyclic amines) is 1. The second-order valence-corrected chi connectivity index (χ2v) is 10.8. The molecule has 8 nitrogen and oxygen atoms in total. The predicted molar refractivity (Wildman–Crippen MR) is 153 cm³/mol. The van der Waals surface area contributed by atoms with Gasteiger partial charge in [0, 0.05) is 31.5 Å². The van der Waals surface area contributed by atoms with Gasteiger partial charge in [-0.3, -0.25) is 14.2 Å². The molecule has 2 fully saturated rings. The maximum Gasteiger partial charge on any atom is 0.326 e. The van der Waals surface area contributed by atoms with E-state index in [1.54, 1.807) is 0 Å². The minimum absolute atomic E-state index is 0.0264. The normalized spacial score (nSPS) is 17.9. The number of nitrogens with zero attached hydrogens (tertiary/aromatic N) is 2. The van der Waals surface area contributed by atoms with Gasteiger partial charge in [-0.1, -0.05) is 54.6 Å². The van der Waals surface area contributed by atoms with Crippen molar-refractivity contribution in [3.63, 3.8) is 0 Å². The number of aromatic nitrogens is 2. The molecule has 8 heteroatoms. The average Bonchev–Trinajstić information content (AvgIpc) is 3.32. The number of aromatic amines is 1. The van der Waals surface area contributed by atoms with Gasteiger partial charge in [-0.2, -0.15) is 0 Å². The molecule has 2 aliphatic heterocycles. The molecule has 1 aromatic heterocycles. The van der Waals surface area contributed by atoms with Crippen LogP contribution in [0, 0.1) is 5.92 Å². The van der Waals surface area contributed by atoms with E-state index in [2.05, 4.69) is 39.9 Å². The van der Waals surface area contributed by atoms with Crippen LogP contribution < -0.4 is 16.3 Å². The second-order valence-electron chi connectivity index (χ2n) is 10.8. The van der Waals surface area contributed by atoms with E-state index < -0.39 is 6.04 Å². The number of amides is 2. The zero-order valence-corrected chi connectivity index (χ0v) is 22.1. The highest BCUT2D eigenvalue weighted by molar-refractivity contribution is 5.91. The van der Waals surface area contributed by atoms with Crippen molar-refractivity contribution in [2.45, 2.75) is 44.2 Å². The second kappa shape index (κ2) is 11.1. The lowest BCUT2D eigenvalue weighted by Crippen LogP contribution is -2.53. The molecule has 0 aliphatic carbocycles. The fourth-order valence-corrected chi connectivity index (χ4v) is 6.27. The minimum atomic E-state index is -0.634. The number of carbonyl (C=O) groups is 2. The monoisotopic (exact) mass is 525 g/mol. The molecule has 0 bridgehead atoms. The molecule has 1 atom stereocenters. The first-order valence-electron chi connectivity index (χ1n) is 14.0. The summed E-state index contributed by atoms with van der Waals surface area (Å²) in [4.78, 5) is 44.8. The number of benzene rings is 3. The lowest BCUT2D eigenvalue weighted by Gasteiger charge is -2.35. The van der Waals surface area contributed by atoms with Crippen LogP contribution in [0.3, 0.4) is 0 Å². The van der Waals surface area contributed by atoms with Crippen LogP contribution in [0.1, 0.15) is 37.3 Å². The Morgan fingerprint density at radius 2 is 1.62 bits per heavy atom. The van der Waals surface area contributed by atoms with Gasteiger partial charge in [0.1, 0.15) is 6.04 Å². The number of hydrogen-bond acceptors (Lipinski definition) is 4. The summed E-state index contributed by atoms with van der Waals surface area (Å²) >= 11 is 0. The third kappa shape index (κ3) is 5.21. The molecule has 6 rings (SSSR count). The molecule has 3 heterocycles. The van der Waals surface area contributed by atoms with E-state index in [9.17, 15) is 14.4 Å². The highest BCUT2D eigenvalue weighted by atomic mass is 16.2. The lowest BCUT2D eigenvalue weighted by atomic mass is 9.94. The van der Waals surface area contributed by atoms with Gasteiger partial charge in [-0.15, -0.1) is 0 Å². The number of piperidine rings is 2. The van der Waals surface area contributed by atoms with Gasteiger partial charge in [0.15, 0.2) is 0 Å². The van der Waals surface area contributed by atoms with Crippen LogP contribution in [0.4, 0.5) is 0 Å². The number of H-pyrrole nitrogens is 1. The van der Waals surface area contributed by atoms with Crippen molar-refractivity contribution in [2.75, 3.05) is 26.2 Å². The molecule has 2 amide bonds. The zero-order valence-electron chi connectivity index (χ0n) is 22.1. The Morgan fingerprint density at radius 3 is 2.44 bits per heavy atom. The highest BCUT2D eigenvalue weighted by Gasteiger charge is 2.33. The number of fused-ring (bicyclic) bond motifs is 2. The molecule has 202 valence electrons. The number of nitrogens with one attached hydrogen (secondary N) is 3. The Hall–Kier alpha value is -3.91. The first kappa shape index (κ1) is 25.4. The third-order valence-corrected chi connectivity index (χ3v) is 8.39. The van der Waals surface area contributed by atoms with E-state index in [0.717, 1.165) is 53.3 Å². The summed E-state index contributed by atoms with van der Waals surface area (Å²) in [6.07, 6.45) is 3.39.